The molecule has 2 aromatic rings. The zero-order valence-electron chi connectivity index (χ0n) is 11.0. The smallest absolute Gasteiger partial charge is 0.243 e. The first kappa shape index (κ1) is 15.7. The van der Waals surface area contributed by atoms with E-state index < -0.39 is 16.1 Å². The Morgan fingerprint density at radius 2 is 2.25 bits per heavy atom. The molecule has 0 amide bonds. The molecule has 0 saturated carbocycles. The predicted octanol–water partition coefficient (Wildman–Crippen LogP) is 2.86. The minimum atomic E-state index is -3.59. The molecule has 2 N–H and O–H groups in total. The molecule has 0 radical (unpaired) electrons. The molecule has 2 aromatic heterocycles. The molecule has 1 atom stereocenters. The second-order valence-electron chi connectivity index (χ2n) is 4.24. The fourth-order valence-corrected chi connectivity index (χ4v) is 5.64. The lowest BCUT2D eigenvalue weighted by molar-refractivity contribution is 0.459. The summed E-state index contributed by atoms with van der Waals surface area (Å²) in [6, 6.07) is 4.71. The molecule has 20 heavy (non-hydrogen) atoms. The molecule has 2 rings (SSSR count). The van der Waals surface area contributed by atoms with Crippen LogP contribution in [0.3, 0.4) is 0 Å². The van der Waals surface area contributed by atoms with E-state index in [0.717, 1.165) is 4.88 Å². The summed E-state index contributed by atoms with van der Waals surface area (Å²) >= 11 is 4.71. The van der Waals surface area contributed by atoms with Gasteiger partial charge in [-0.2, -0.15) is 0 Å². The largest absolute Gasteiger partial charge is 0.468 e. The van der Waals surface area contributed by atoms with Crippen molar-refractivity contribution < 1.29 is 12.8 Å². The lowest BCUT2D eigenvalue weighted by Crippen LogP contribution is -2.26. The van der Waals surface area contributed by atoms with Crippen LogP contribution >= 0.6 is 27.3 Å². The lowest BCUT2D eigenvalue weighted by Gasteiger charge is -2.11. The van der Waals surface area contributed by atoms with Gasteiger partial charge in [-0.3, -0.25) is 0 Å². The standard InChI is InChI=1S/C12H15BrN2O3S2/c1-8(10-4-3-5-18-10)15-20(16,17)11-6-9(7-14-2)19-12(11)13/h3-6,8,14-15H,7H2,1-2H3. The van der Waals surface area contributed by atoms with E-state index in [2.05, 4.69) is 26.0 Å². The number of hydrogen-bond acceptors (Lipinski definition) is 5. The van der Waals surface area contributed by atoms with E-state index >= 15 is 0 Å². The van der Waals surface area contributed by atoms with Crippen LogP contribution in [-0.4, -0.2) is 15.5 Å². The zero-order valence-corrected chi connectivity index (χ0v) is 14.2. The van der Waals surface area contributed by atoms with Crippen molar-refractivity contribution in [1.29, 1.82) is 0 Å². The molecule has 0 aromatic carbocycles. The highest BCUT2D eigenvalue weighted by Gasteiger charge is 2.24. The summed E-state index contributed by atoms with van der Waals surface area (Å²) in [4.78, 5) is 1.21. The summed E-state index contributed by atoms with van der Waals surface area (Å²) in [5.74, 6) is 0.579. The summed E-state index contributed by atoms with van der Waals surface area (Å²) < 4.78 is 33.2. The van der Waals surface area contributed by atoms with Gasteiger partial charge in [0, 0.05) is 11.4 Å². The highest BCUT2D eigenvalue weighted by molar-refractivity contribution is 9.11. The van der Waals surface area contributed by atoms with Gasteiger partial charge in [-0.1, -0.05) is 0 Å². The summed E-state index contributed by atoms with van der Waals surface area (Å²) in [5.41, 5.74) is 0. The third kappa shape index (κ3) is 3.50. The van der Waals surface area contributed by atoms with E-state index in [9.17, 15) is 8.42 Å². The Hall–Kier alpha value is -0.670. The molecule has 2 heterocycles. The predicted molar refractivity (Wildman–Crippen MR) is 82.2 cm³/mol. The minimum Gasteiger partial charge on any atom is -0.468 e. The van der Waals surface area contributed by atoms with Gasteiger partial charge >= 0.3 is 0 Å². The van der Waals surface area contributed by atoms with Crippen LogP contribution in [-0.2, 0) is 16.6 Å². The number of sulfonamides is 1. The van der Waals surface area contributed by atoms with Crippen LogP contribution < -0.4 is 10.0 Å². The van der Waals surface area contributed by atoms with Crippen LogP contribution in [0.1, 0.15) is 23.6 Å². The van der Waals surface area contributed by atoms with Crippen molar-refractivity contribution in [3.05, 3.63) is 38.9 Å². The molecule has 8 heteroatoms. The van der Waals surface area contributed by atoms with Crippen LogP contribution in [0.25, 0.3) is 0 Å². The van der Waals surface area contributed by atoms with Crippen LogP contribution in [0.4, 0.5) is 0 Å². The Bertz CT molecular complexity index is 665. The van der Waals surface area contributed by atoms with Crippen LogP contribution in [0.15, 0.2) is 37.6 Å². The first-order valence-corrected chi connectivity index (χ1v) is 9.02. The first-order valence-electron chi connectivity index (χ1n) is 5.92. The van der Waals surface area contributed by atoms with Crippen LogP contribution in [0.2, 0.25) is 0 Å². The highest BCUT2D eigenvalue weighted by atomic mass is 79.9. The van der Waals surface area contributed by atoms with Crippen molar-refractivity contribution in [2.24, 2.45) is 0 Å². The van der Waals surface area contributed by atoms with E-state index in [4.69, 9.17) is 4.42 Å². The molecule has 110 valence electrons. The third-order valence-electron chi connectivity index (χ3n) is 2.65. The molecule has 0 aliphatic carbocycles. The van der Waals surface area contributed by atoms with Crippen molar-refractivity contribution >= 4 is 37.3 Å². The minimum absolute atomic E-state index is 0.256. The first-order chi connectivity index (χ1) is 9.44. The molecule has 0 bridgehead atoms. The van der Waals surface area contributed by atoms with Crippen molar-refractivity contribution in [2.45, 2.75) is 24.4 Å². The molecule has 0 saturated heterocycles. The van der Waals surface area contributed by atoms with E-state index in [1.165, 1.54) is 17.6 Å². The Morgan fingerprint density at radius 3 is 2.85 bits per heavy atom. The molecular formula is C12H15BrN2O3S2. The van der Waals surface area contributed by atoms with Gasteiger partial charge in [0.2, 0.25) is 10.0 Å². The zero-order chi connectivity index (χ0) is 14.8. The maximum Gasteiger partial charge on any atom is 0.243 e. The number of halogens is 1. The molecular weight excluding hydrogens is 364 g/mol. The Labute approximate surface area is 130 Å². The molecule has 0 aliphatic heterocycles. The van der Waals surface area contributed by atoms with Crippen molar-refractivity contribution in [3.8, 4) is 0 Å². The summed E-state index contributed by atoms with van der Waals surface area (Å²) in [6.07, 6.45) is 1.52. The quantitative estimate of drug-likeness (QED) is 0.810. The number of hydrogen-bond donors (Lipinski definition) is 2. The van der Waals surface area contributed by atoms with Crippen LogP contribution in [0, 0.1) is 0 Å². The summed E-state index contributed by atoms with van der Waals surface area (Å²) in [5, 5.41) is 3.00. The van der Waals surface area contributed by atoms with Gasteiger partial charge < -0.3 is 9.73 Å². The Balaban J connectivity index is 2.22. The third-order valence-corrected chi connectivity index (χ3v) is 6.44. The molecule has 0 aliphatic rings. The lowest BCUT2D eigenvalue weighted by atomic mass is 10.3. The highest BCUT2D eigenvalue weighted by Crippen LogP contribution is 2.32. The monoisotopic (exact) mass is 378 g/mol. The maximum atomic E-state index is 12.4. The van der Waals surface area contributed by atoms with Gasteiger partial charge in [0.15, 0.2) is 0 Å². The summed E-state index contributed by atoms with van der Waals surface area (Å²) in [6.45, 7) is 2.37. The normalized spacial score (nSPS) is 13.6. The van der Waals surface area contributed by atoms with E-state index in [-0.39, 0.29) is 4.90 Å². The summed E-state index contributed by atoms with van der Waals surface area (Å²) in [7, 11) is -1.77. The molecule has 1 unspecified atom stereocenters. The SMILES string of the molecule is CNCc1cc(S(=O)(=O)NC(C)c2ccco2)c(Br)s1. The molecule has 5 nitrogen and oxygen atoms in total. The maximum absolute atomic E-state index is 12.4. The van der Waals surface area contributed by atoms with Gasteiger partial charge in [-0.05, 0) is 48.1 Å². The Morgan fingerprint density at radius 1 is 1.50 bits per heavy atom. The van der Waals surface area contributed by atoms with Gasteiger partial charge in [0.25, 0.3) is 0 Å². The van der Waals surface area contributed by atoms with E-state index in [1.807, 2.05) is 7.05 Å². The van der Waals surface area contributed by atoms with E-state index in [1.54, 1.807) is 25.1 Å². The number of nitrogens with one attached hydrogen (secondary N) is 2. The van der Waals surface area contributed by atoms with Crippen molar-refractivity contribution in [3.63, 3.8) is 0 Å². The topological polar surface area (TPSA) is 71.3 Å². The number of rotatable bonds is 6. The number of furan rings is 1. The van der Waals surface area contributed by atoms with Gasteiger partial charge in [0.05, 0.1) is 16.1 Å². The molecule has 0 spiro atoms. The fraction of sp³-hybridized carbons (Fsp3) is 0.333. The van der Waals surface area contributed by atoms with Gasteiger partial charge in [0.1, 0.15) is 10.7 Å². The average molecular weight is 379 g/mol. The fourth-order valence-electron chi connectivity index (χ4n) is 1.73. The van der Waals surface area contributed by atoms with Gasteiger partial charge in [-0.15, -0.1) is 11.3 Å². The number of thiophene rings is 1. The second kappa shape index (κ2) is 6.40. The van der Waals surface area contributed by atoms with Gasteiger partial charge in [-0.25, -0.2) is 13.1 Å². The van der Waals surface area contributed by atoms with E-state index in [0.29, 0.717) is 16.1 Å². The van der Waals surface area contributed by atoms with Crippen molar-refractivity contribution in [2.75, 3.05) is 7.05 Å². The molecule has 0 fully saturated rings. The van der Waals surface area contributed by atoms with Crippen LogP contribution in [0.5, 0.6) is 0 Å². The average Bonchev–Trinajstić information content (AvgIpc) is 2.98. The van der Waals surface area contributed by atoms with Crippen molar-refractivity contribution in [1.82, 2.24) is 10.0 Å². The second-order valence-corrected chi connectivity index (χ2v) is 8.38. The Kier molecular flexibility index (Phi) is 5.03.